The van der Waals surface area contributed by atoms with E-state index in [4.69, 9.17) is 18.9 Å². The number of nitrogens with zero attached hydrogens (tertiary/aromatic N) is 1. The van der Waals surface area contributed by atoms with Crippen molar-refractivity contribution in [3.8, 4) is 23.0 Å². The van der Waals surface area contributed by atoms with E-state index in [1.54, 1.807) is 44.4 Å². The normalized spacial score (nSPS) is 11.4. The molecule has 0 unspecified atom stereocenters. The predicted octanol–water partition coefficient (Wildman–Crippen LogP) is 4.50. The molecule has 208 valence electrons. The van der Waals surface area contributed by atoms with E-state index in [-0.39, 0.29) is 30.9 Å². The van der Waals surface area contributed by atoms with Crippen molar-refractivity contribution in [3.63, 3.8) is 0 Å². The molecule has 0 aromatic heterocycles. The Morgan fingerprint density at radius 2 is 1.38 bits per heavy atom. The first-order chi connectivity index (χ1) is 18.8. The maximum Gasteiger partial charge on any atom is 0.261 e. The van der Waals surface area contributed by atoms with Gasteiger partial charge in [0, 0.05) is 37.7 Å². The molecule has 0 aliphatic rings. The first-order valence-corrected chi connectivity index (χ1v) is 12.9. The van der Waals surface area contributed by atoms with Crippen LogP contribution in [-0.4, -0.2) is 57.2 Å². The highest BCUT2D eigenvalue weighted by atomic mass is 16.5. The largest absolute Gasteiger partial charge is 0.497 e. The first-order valence-electron chi connectivity index (χ1n) is 12.9. The van der Waals surface area contributed by atoms with Gasteiger partial charge in [0.1, 0.15) is 29.0 Å². The number of benzene rings is 3. The van der Waals surface area contributed by atoms with Gasteiger partial charge >= 0.3 is 0 Å². The van der Waals surface area contributed by atoms with Crippen LogP contribution >= 0.6 is 0 Å². The average molecular weight is 535 g/mol. The quantitative estimate of drug-likeness (QED) is 0.328. The van der Waals surface area contributed by atoms with Gasteiger partial charge in [0.2, 0.25) is 5.91 Å². The van der Waals surface area contributed by atoms with Gasteiger partial charge in [0.15, 0.2) is 6.61 Å². The van der Waals surface area contributed by atoms with E-state index in [0.717, 1.165) is 11.1 Å². The van der Waals surface area contributed by atoms with Crippen molar-refractivity contribution in [2.75, 3.05) is 34.5 Å². The van der Waals surface area contributed by atoms with Gasteiger partial charge in [-0.25, -0.2) is 0 Å². The summed E-state index contributed by atoms with van der Waals surface area (Å²) in [5.74, 6) is 1.89. The van der Waals surface area contributed by atoms with Crippen molar-refractivity contribution in [1.82, 2.24) is 10.2 Å². The molecule has 3 rings (SSSR count). The number of ether oxygens (including phenoxy) is 4. The fourth-order valence-corrected chi connectivity index (χ4v) is 4.04. The third-order valence-corrected chi connectivity index (χ3v) is 6.13. The van der Waals surface area contributed by atoms with Gasteiger partial charge in [-0.1, -0.05) is 56.3 Å². The van der Waals surface area contributed by atoms with E-state index in [0.29, 0.717) is 36.0 Å². The second-order valence-electron chi connectivity index (χ2n) is 9.55. The molecule has 39 heavy (non-hydrogen) atoms. The lowest BCUT2D eigenvalue weighted by Crippen LogP contribution is -2.52. The molecule has 2 amide bonds. The zero-order chi connectivity index (χ0) is 28.2. The lowest BCUT2D eigenvalue weighted by molar-refractivity contribution is -0.142. The monoisotopic (exact) mass is 534 g/mol. The fourth-order valence-electron chi connectivity index (χ4n) is 4.04. The molecule has 0 fully saturated rings. The number of amides is 2. The summed E-state index contributed by atoms with van der Waals surface area (Å²) in [6, 6.07) is 21.5. The second-order valence-corrected chi connectivity index (χ2v) is 9.55. The van der Waals surface area contributed by atoms with E-state index in [2.05, 4.69) is 5.32 Å². The summed E-state index contributed by atoms with van der Waals surface area (Å²) in [6.07, 6.45) is 0.355. The van der Waals surface area contributed by atoms with Gasteiger partial charge in [-0.2, -0.15) is 0 Å². The Bertz CT molecular complexity index is 1190. The molecule has 1 atom stereocenters. The molecule has 1 N–H and O–H groups in total. The third kappa shape index (κ3) is 8.95. The Morgan fingerprint density at radius 3 is 2.00 bits per heavy atom. The maximum atomic E-state index is 13.8. The number of methoxy groups -OCH3 is 3. The van der Waals surface area contributed by atoms with Crippen LogP contribution in [-0.2, 0) is 22.6 Å². The first kappa shape index (κ1) is 29.4. The van der Waals surface area contributed by atoms with Crippen LogP contribution in [0.25, 0.3) is 0 Å². The Kier molecular flexibility index (Phi) is 11.0. The third-order valence-electron chi connectivity index (χ3n) is 6.13. The fraction of sp³-hybridized carbons (Fsp3) is 0.355. The summed E-state index contributed by atoms with van der Waals surface area (Å²) >= 11 is 0. The molecule has 0 spiro atoms. The van der Waals surface area contributed by atoms with Gasteiger partial charge in [-0.15, -0.1) is 0 Å². The molecule has 0 aliphatic carbocycles. The van der Waals surface area contributed by atoms with Crippen LogP contribution in [0.4, 0.5) is 0 Å². The molecule has 0 saturated carbocycles. The minimum absolute atomic E-state index is 0.202. The summed E-state index contributed by atoms with van der Waals surface area (Å²) in [5.41, 5.74) is 1.78. The topological polar surface area (TPSA) is 86.3 Å². The van der Waals surface area contributed by atoms with E-state index < -0.39 is 6.04 Å². The van der Waals surface area contributed by atoms with Crippen molar-refractivity contribution in [2.24, 2.45) is 5.92 Å². The zero-order valence-electron chi connectivity index (χ0n) is 23.3. The van der Waals surface area contributed by atoms with Crippen molar-refractivity contribution < 1.29 is 28.5 Å². The Balaban J connectivity index is 1.93. The number of nitrogens with one attached hydrogen (secondary N) is 1. The van der Waals surface area contributed by atoms with Crippen molar-refractivity contribution in [3.05, 3.63) is 83.9 Å². The molecule has 3 aromatic rings. The Hall–Kier alpha value is -4.20. The highest BCUT2D eigenvalue weighted by molar-refractivity contribution is 5.88. The van der Waals surface area contributed by atoms with Crippen LogP contribution in [0.15, 0.2) is 72.8 Å². The van der Waals surface area contributed by atoms with Gasteiger partial charge in [-0.3, -0.25) is 9.59 Å². The minimum Gasteiger partial charge on any atom is -0.497 e. The number of hydrogen-bond donors (Lipinski definition) is 1. The molecule has 0 aliphatic heterocycles. The summed E-state index contributed by atoms with van der Waals surface area (Å²) in [5, 5.41) is 3.02. The molecule has 0 bridgehead atoms. The number of rotatable bonds is 14. The van der Waals surface area contributed by atoms with Crippen molar-refractivity contribution in [1.29, 1.82) is 0 Å². The van der Waals surface area contributed by atoms with E-state index in [1.807, 2.05) is 68.4 Å². The summed E-state index contributed by atoms with van der Waals surface area (Å²) in [7, 11) is 4.68. The van der Waals surface area contributed by atoms with E-state index in [1.165, 1.54) is 0 Å². The van der Waals surface area contributed by atoms with Crippen LogP contribution in [0.5, 0.6) is 23.0 Å². The van der Waals surface area contributed by atoms with Crippen LogP contribution in [0.2, 0.25) is 0 Å². The summed E-state index contributed by atoms with van der Waals surface area (Å²) in [4.78, 5) is 28.9. The Labute approximate surface area is 230 Å². The zero-order valence-corrected chi connectivity index (χ0v) is 23.3. The van der Waals surface area contributed by atoms with E-state index in [9.17, 15) is 9.59 Å². The van der Waals surface area contributed by atoms with E-state index >= 15 is 0 Å². The molecular weight excluding hydrogens is 496 g/mol. The minimum atomic E-state index is -0.756. The molecule has 3 aromatic carbocycles. The SMILES string of the molecule is COc1cccc(CN(C(=O)COc2cc(OC)cc(OC)c2)[C@@H](Cc2ccccc2)C(=O)NCC(C)C)c1. The lowest BCUT2D eigenvalue weighted by Gasteiger charge is -2.31. The van der Waals surface area contributed by atoms with Crippen molar-refractivity contribution >= 4 is 11.8 Å². The summed E-state index contributed by atoms with van der Waals surface area (Å²) < 4.78 is 21.9. The summed E-state index contributed by atoms with van der Waals surface area (Å²) in [6.45, 7) is 4.49. The van der Waals surface area contributed by atoms with Crippen molar-refractivity contribution in [2.45, 2.75) is 32.9 Å². The molecule has 0 saturated heterocycles. The lowest BCUT2D eigenvalue weighted by atomic mass is 10.0. The highest BCUT2D eigenvalue weighted by Gasteiger charge is 2.31. The maximum absolute atomic E-state index is 13.8. The predicted molar refractivity (Wildman–Crippen MR) is 150 cm³/mol. The standard InChI is InChI=1S/C31H38N2O6/c1-22(2)19-32-31(35)29(15-23-10-7-6-8-11-23)33(20-24-12-9-13-25(14-24)36-3)30(34)21-39-28-17-26(37-4)16-27(18-28)38-5/h6-14,16-18,22,29H,15,19-21H2,1-5H3,(H,32,35)/t29-/m0/s1. The van der Waals surface area contributed by atoms with Gasteiger partial charge in [-0.05, 0) is 29.2 Å². The van der Waals surface area contributed by atoms with Crippen LogP contribution < -0.4 is 24.3 Å². The molecule has 8 heteroatoms. The van der Waals surface area contributed by atoms with Gasteiger partial charge in [0.05, 0.1) is 21.3 Å². The molecular formula is C31H38N2O6. The van der Waals surface area contributed by atoms with Crippen LogP contribution in [0.3, 0.4) is 0 Å². The number of carbonyl (C=O) groups is 2. The smallest absolute Gasteiger partial charge is 0.261 e. The number of carbonyl (C=O) groups excluding carboxylic acids is 2. The average Bonchev–Trinajstić information content (AvgIpc) is 2.96. The van der Waals surface area contributed by atoms with Gasteiger partial charge in [0.25, 0.3) is 5.91 Å². The molecule has 8 nitrogen and oxygen atoms in total. The Morgan fingerprint density at radius 1 is 0.769 bits per heavy atom. The second kappa shape index (κ2) is 14.7. The molecule has 0 heterocycles. The number of hydrogen-bond acceptors (Lipinski definition) is 6. The highest BCUT2D eigenvalue weighted by Crippen LogP contribution is 2.27. The van der Waals surface area contributed by atoms with Gasteiger partial charge < -0.3 is 29.2 Å². The van der Waals surface area contributed by atoms with Crippen LogP contribution in [0, 0.1) is 5.92 Å². The van der Waals surface area contributed by atoms with Crippen LogP contribution in [0.1, 0.15) is 25.0 Å². The molecule has 0 radical (unpaired) electrons.